The minimum Gasteiger partial charge on any atom is -0.488 e. The molecule has 0 saturated carbocycles. The van der Waals surface area contributed by atoms with E-state index in [1.807, 2.05) is 25.1 Å². The molecule has 0 spiro atoms. The van der Waals surface area contributed by atoms with E-state index in [4.69, 9.17) is 4.74 Å². The maximum Gasteiger partial charge on any atom is 0.123 e. The first kappa shape index (κ1) is 8.73. The maximum absolute atomic E-state index is 5.76. The molecule has 3 rings (SSSR count). The second-order valence-corrected chi connectivity index (χ2v) is 3.90. The molecule has 0 amide bonds. The Balaban J connectivity index is 1.90. The van der Waals surface area contributed by atoms with Gasteiger partial charge in [0.25, 0.3) is 0 Å². The van der Waals surface area contributed by atoms with Crippen LogP contribution in [0.2, 0.25) is 0 Å². The first-order valence-electron chi connectivity index (χ1n) is 5.15. The molecule has 15 heavy (non-hydrogen) atoms. The summed E-state index contributed by atoms with van der Waals surface area (Å²) in [7, 11) is 0. The molecule has 4 nitrogen and oxygen atoms in total. The van der Waals surface area contributed by atoms with E-state index in [0.717, 1.165) is 35.7 Å². The van der Waals surface area contributed by atoms with Gasteiger partial charge in [0.2, 0.25) is 0 Å². The van der Waals surface area contributed by atoms with E-state index in [1.165, 1.54) is 0 Å². The van der Waals surface area contributed by atoms with Crippen molar-refractivity contribution in [1.82, 2.24) is 15.3 Å². The van der Waals surface area contributed by atoms with Gasteiger partial charge in [-0.2, -0.15) is 0 Å². The van der Waals surface area contributed by atoms with Crippen molar-refractivity contribution in [3.05, 3.63) is 24.0 Å². The molecule has 0 atom stereocenters. The summed E-state index contributed by atoms with van der Waals surface area (Å²) in [6.45, 7) is 3.84. The fourth-order valence-corrected chi connectivity index (χ4v) is 1.73. The number of aryl methyl sites for hydroxylation is 1. The molecule has 0 radical (unpaired) electrons. The lowest BCUT2D eigenvalue weighted by Gasteiger charge is -2.27. The van der Waals surface area contributed by atoms with Gasteiger partial charge in [-0.25, -0.2) is 4.98 Å². The summed E-state index contributed by atoms with van der Waals surface area (Å²) < 4.78 is 5.76. The minimum atomic E-state index is 0.325. The Morgan fingerprint density at radius 1 is 1.40 bits per heavy atom. The van der Waals surface area contributed by atoms with Crippen LogP contribution in [-0.2, 0) is 0 Å². The van der Waals surface area contributed by atoms with Crippen LogP contribution >= 0.6 is 0 Å². The largest absolute Gasteiger partial charge is 0.488 e. The van der Waals surface area contributed by atoms with Crippen molar-refractivity contribution in [2.75, 3.05) is 13.1 Å². The Morgan fingerprint density at radius 3 is 3.00 bits per heavy atom. The van der Waals surface area contributed by atoms with Crippen molar-refractivity contribution in [3.63, 3.8) is 0 Å². The molecule has 1 saturated heterocycles. The van der Waals surface area contributed by atoms with E-state index >= 15 is 0 Å². The number of fused-ring (bicyclic) bond motifs is 1. The van der Waals surface area contributed by atoms with Crippen molar-refractivity contribution in [1.29, 1.82) is 0 Å². The average Bonchev–Trinajstić information content (AvgIpc) is 2.50. The molecule has 1 aliphatic heterocycles. The first-order chi connectivity index (χ1) is 7.31. The van der Waals surface area contributed by atoms with Crippen molar-refractivity contribution in [2.45, 2.75) is 13.0 Å². The Hall–Kier alpha value is -1.55. The van der Waals surface area contributed by atoms with Gasteiger partial charge < -0.3 is 15.0 Å². The van der Waals surface area contributed by atoms with Crippen LogP contribution in [0.15, 0.2) is 18.2 Å². The summed E-state index contributed by atoms with van der Waals surface area (Å²) in [6.07, 6.45) is 0.325. The SMILES string of the molecule is Cc1nc2ccc(OC3CNC3)cc2[nH]1. The number of aromatic amines is 1. The van der Waals surface area contributed by atoms with Crippen LogP contribution in [-0.4, -0.2) is 29.2 Å². The normalized spacial score (nSPS) is 16.6. The molecule has 2 heterocycles. The van der Waals surface area contributed by atoms with E-state index in [9.17, 15) is 0 Å². The number of aromatic nitrogens is 2. The van der Waals surface area contributed by atoms with Crippen LogP contribution in [0, 0.1) is 6.92 Å². The van der Waals surface area contributed by atoms with E-state index < -0.39 is 0 Å². The molecule has 2 N–H and O–H groups in total. The minimum absolute atomic E-state index is 0.325. The van der Waals surface area contributed by atoms with Gasteiger partial charge in [-0.15, -0.1) is 0 Å². The summed E-state index contributed by atoms with van der Waals surface area (Å²) in [5.41, 5.74) is 2.03. The van der Waals surface area contributed by atoms with Crippen LogP contribution in [0.3, 0.4) is 0 Å². The molecule has 1 fully saturated rings. The molecule has 0 bridgehead atoms. The summed E-state index contributed by atoms with van der Waals surface area (Å²) in [4.78, 5) is 7.55. The van der Waals surface area contributed by atoms with Gasteiger partial charge in [-0.3, -0.25) is 0 Å². The molecular weight excluding hydrogens is 190 g/mol. The molecule has 0 unspecified atom stereocenters. The molecule has 1 aliphatic rings. The molecule has 0 aliphatic carbocycles. The van der Waals surface area contributed by atoms with E-state index in [1.54, 1.807) is 0 Å². The predicted molar refractivity (Wildman–Crippen MR) is 58.1 cm³/mol. The summed E-state index contributed by atoms with van der Waals surface area (Å²) >= 11 is 0. The number of hydrogen-bond donors (Lipinski definition) is 2. The summed E-state index contributed by atoms with van der Waals surface area (Å²) in [5.74, 6) is 1.85. The number of H-pyrrole nitrogens is 1. The van der Waals surface area contributed by atoms with Gasteiger partial charge in [0.05, 0.1) is 11.0 Å². The van der Waals surface area contributed by atoms with Gasteiger partial charge in [-0.1, -0.05) is 0 Å². The van der Waals surface area contributed by atoms with Gasteiger partial charge in [0.15, 0.2) is 0 Å². The van der Waals surface area contributed by atoms with Crippen LogP contribution < -0.4 is 10.1 Å². The molecule has 1 aromatic carbocycles. The standard InChI is InChI=1S/C11H13N3O/c1-7-13-10-3-2-8(4-11(10)14-7)15-9-5-12-6-9/h2-4,9,12H,5-6H2,1H3,(H,13,14). The van der Waals surface area contributed by atoms with Crippen molar-refractivity contribution >= 4 is 11.0 Å². The lowest BCUT2D eigenvalue weighted by molar-refractivity contribution is 0.142. The van der Waals surface area contributed by atoms with E-state index in [2.05, 4.69) is 15.3 Å². The van der Waals surface area contributed by atoms with E-state index in [-0.39, 0.29) is 0 Å². The highest BCUT2D eigenvalue weighted by Gasteiger charge is 2.18. The monoisotopic (exact) mass is 203 g/mol. The number of benzene rings is 1. The number of hydrogen-bond acceptors (Lipinski definition) is 3. The highest BCUT2D eigenvalue weighted by atomic mass is 16.5. The second kappa shape index (κ2) is 3.24. The molecular formula is C11H13N3O. The zero-order chi connectivity index (χ0) is 10.3. The fourth-order valence-electron chi connectivity index (χ4n) is 1.73. The number of nitrogens with zero attached hydrogens (tertiary/aromatic N) is 1. The third kappa shape index (κ3) is 1.57. The Labute approximate surface area is 87.7 Å². The zero-order valence-corrected chi connectivity index (χ0v) is 8.58. The molecule has 1 aromatic heterocycles. The van der Waals surface area contributed by atoms with Crippen molar-refractivity contribution < 1.29 is 4.74 Å². The molecule has 2 aromatic rings. The molecule has 4 heteroatoms. The summed E-state index contributed by atoms with van der Waals surface area (Å²) in [6, 6.07) is 5.97. The average molecular weight is 203 g/mol. The van der Waals surface area contributed by atoms with Gasteiger partial charge >= 0.3 is 0 Å². The van der Waals surface area contributed by atoms with E-state index in [0.29, 0.717) is 6.10 Å². The van der Waals surface area contributed by atoms with Crippen molar-refractivity contribution in [2.24, 2.45) is 0 Å². The third-order valence-corrected chi connectivity index (χ3v) is 2.62. The van der Waals surface area contributed by atoms with Crippen LogP contribution in [0.4, 0.5) is 0 Å². The number of rotatable bonds is 2. The van der Waals surface area contributed by atoms with Gasteiger partial charge in [0.1, 0.15) is 17.7 Å². The van der Waals surface area contributed by atoms with Gasteiger partial charge in [0, 0.05) is 19.2 Å². The first-order valence-corrected chi connectivity index (χ1v) is 5.15. The lowest BCUT2D eigenvalue weighted by Crippen LogP contribution is -2.50. The molecule has 78 valence electrons. The summed E-state index contributed by atoms with van der Waals surface area (Å²) in [5, 5.41) is 3.18. The number of imidazole rings is 1. The second-order valence-electron chi connectivity index (χ2n) is 3.90. The number of ether oxygens (including phenoxy) is 1. The van der Waals surface area contributed by atoms with Crippen LogP contribution in [0.25, 0.3) is 11.0 Å². The van der Waals surface area contributed by atoms with Crippen LogP contribution in [0.5, 0.6) is 5.75 Å². The zero-order valence-electron chi connectivity index (χ0n) is 8.58. The third-order valence-electron chi connectivity index (χ3n) is 2.62. The van der Waals surface area contributed by atoms with Crippen molar-refractivity contribution in [3.8, 4) is 5.75 Å². The highest BCUT2D eigenvalue weighted by molar-refractivity contribution is 5.76. The smallest absolute Gasteiger partial charge is 0.123 e. The Bertz CT molecular complexity index is 488. The highest BCUT2D eigenvalue weighted by Crippen LogP contribution is 2.20. The topological polar surface area (TPSA) is 49.9 Å². The van der Waals surface area contributed by atoms with Crippen LogP contribution in [0.1, 0.15) is 5.82 Å². The fraction of sp³-hybridized carbons (Fsp3) is 0.364. The predicted octanol–water partition coefficient (Wildman–Crippen LogP) is 1.22. The Morgan fingerprint density at radius 2 is 2.27 bits per heavy atom. The Kier molecular flexibility index (Phi) is 1.89. The lowest BCUT2D eigenvalue weighted by atomic mass is 10.2. The maximum atomic E-state index is 5.76. The quantitative estimate of drug-likeness (QED) is 0.771. The number of nitrogens with one attached hydrogen (secondary N) is 2. The van der Waals surface area contributed by atoms with Gasteiger partial charge in [-0.05, 0) is 19.1 Å².